The van der Waals surface area contributed by atoms with E-state index in [1.54, 1.807) is 19.2 Å². The monoisotopic (exact) mass is 409 g/mol. The molecular formula is C19H28ClN5O3. The van der Waals surface area contributed by atoms with Crippen molar-refractivity contribution in [2.75, 3.05) is 46.6 Å². The van der Waals surface area contributed by atoms with Crippen molar-refractivity contribution in [2.45, 2.75) is 19.8 Å². The van der Waals surface area contributed by atoms with Crippen LogP contribution in [0.4, 0.5) is 0 Å². The number of nitrogens with zero attached hydrogens (tertiary/aromatic N) is 3. The molecule has 1 heterocycles. The first-order valence-electron chi connectivity index (χ1n) is 9.40. The minimum atomic E-state index is 0.556. The van der Waals surface area contributed by atoms with E-state index in [9.17, 15) is 0 Å². The summed E-state index contributed by atoms with van der Waals surface area (Å²) in [4.78, 5) is 8.94. The average Bonchev–Trinajstić information content (AvgIpc) is 3.16. The van der Waals surface area contributed by atoms with Crippen LogP contribution in [0.3, 0.4) is 0 Å². The number of methoxy groups -OCH3 is 1. The van der Waals surface area contributed by atoms with Crippen LogP contribution in [-0.4, -0.2) is 62.7 Å². The number of ether oxygens (including phenoxy) is 2. The number of rotatable bonds is 12. The number of hydrogen-bond donors (Lipinski definition) is 2. The maximum absolute atomic E-state index is 5.90. The predicted octanol–water partition coefficient (Wildman–Crippen LogP) is 2.54. The van der Waals surface area contributed by atoms with Crippen molar-refractivity contribution in [2.24, 2.45) is 4.99 Å². The Morgan fingerprint density at radius 3 is 2.75 bits per heavy atom. The first-order valence-corrected chi connectivity index (χ1v) is 9.78. The highest BCUT2D eigenvalue weighted by atomic mass is 35.5. The SMILES string of the molecule is CCNC(=NCCCOCCOC)NCCc1nc(-c2ccc(Cl)cc2)no1. The average molecular weight is 410 g/mol. The summed E-state index contributed by atoms with van der Waals surface area (Å²) < 4.78 is 15.7. The molecular weight excluding hydrogens is 382 g/mol. The molecule has 28 heavy (non-hydrogen) atoms. The molecule has 154 valence electrons. The standard InChI is InChI=1S/C19H28ClN5O3/c1-3-21-19(22-10-4-12-27-14-13-26-2)23-11-9-17-24-18(25-28-17)15-5-7-16(20)8-6-15/h5-8H,3-4,9-14H2,1-2H3,(H2,21,22,23). The Bertz CT molecular complexity index is 706. The van der Waals surface area contributed by atoms with E-state index in [4.69, 9.17) is 25.6 Å². The van der Waals surface area contributed by atoms with Crippen LogP contribution in [-0.2, 0) is 15.9 Å². The molecule has 1 aromatic carbocycles. The van der Waals surface area contributed by atoms with Gasteiger partial charge in [0.1, 0.15) is 0 Å². The molecule has 0 aliphatic heterocycles. The van der Waals surface area contributed by atoms with Gasteiger partial charge in [-0.15, -0.1) is 0 Å². The normalized spacial score (nSPS) is 11.6. The van der Waals surface area contributed by atoms with Crippen LogP contribution >= 0.6 is 11.6 Å². The third-order valence-corrected chi connectivity index (χ3v) is 3.95. The second-order valence-electron chi connectivity index (χ2n) is 5.91. The van der Waals surface area contributed by atoms with Crippen molar-refractivity contribution in [3.05, 3.63) is 35.2 Å². The maximum atomic E-state index is 5.90. The largest absolute Gasteiger partial charge is 0.382 e. The number of hydrogen-bond acceptors (Lipinski definition) is 6. The number of benzene rings is 1. The number of aromatic nitrogens is 2. The fourth-order valence-corrected chi connectivity index (χ4v) is 2.43. The van der Waals surface area contributed by atoms with Crippen molar-refractivity contribution in [1.82, 2.24) is 20.8 Å². The van der Waals surface area contributed by atoms with Gasteiger partial charge in [-0.2, -0.15) is 4.98 Å². The fourth-order valence-electron chi connectivity index (χ4n) is 2.30. The van der Waals surface area contributed by atoms with E-state index >= 15 is 0 Å². The summed E-state index contributed by atoms with van der Waals surface area (Å²) in [7, 11) is 1.66. The highest BCUT2D eigenvalue weighted by molar-refractivity contribution is 6.30. The Morgan fingerprint density at radius 1 is 1.18 bits per heavy atom. The van der Waals surface area contributed by atoms with Crippen LogP contribution in [0, 0.1) is 0 Å². The van der Waals surface area contributed by atoms with Crippen LogP contribution < -0.4 is 10.6 Å². The third-order valence-electron chi connectivity index (χ3n) is 3.69. The molecule has 0 fully saturated rings. The Kier molecular flexibility index (Phi) is 10.3. The zero-order chi connectivity index (χ0) is 20.0. The van der Waals surface area contributed by atoms with E-state index in [0.717, 1.165) is 24.5 Å². The Hall–Kier alpha value is -2.16. The summed E-state index contributed by atoms with van der Waals surface area (Å²) in [5.74, 6) is 1.89. The zero-order valence-corrected chi connectivity index (χ0v) is 17.2. The molecule has 0 aliphatic carbocycles. The van der Waals surface area contributed by atoms with Gasteiger partial charge in [-0.1, -0.05) is 16.8 Å². The van der Waals surface area contributed by atoms with Gasteiger partial charge in [0.25, 0.3) is 0 Å². The van der Waals surface area contributed by atoms with Gasteiger partial charge >= 0.3 is 0 Å². The first kappa shape index (κ1) is 22.1. The summed E-state index contributed by atoms with van der Waals surface area (Å²) in [5, 5.41) is 11.2. The smallest absolute Gasteiger partial charge is 0.228 e. The van der Waals surface area contributed by atoms with Gasteiger partial charge in [0.05, 0.1) is 13.2 Å². The number of aliphatic imine (C=N–C) groups is 1. The maximum Gasteiger partial charge on any atom is 0.228 e. The second kappa shape index (κ2) is 13.1. The molecule has 0 spiro atoms. The molecule has 9 heteroatoms. The van der Waals surface area contributed by atoms with E-state index in [1.807, 2.05) is 19.1 Å². The van der Waals surface area contributed by atoms with Gasteiger partial charge in [0.15, 0.2) is 5.96 Å². The van der Waals surface area contributed by atoms with Crippen LogP contribution in [0.2, 0.25) is 5.02 Å². The van der Waals surface area contributed by atoms with Crippen LogP contribution in [0.5, 0.6) is 0 Å². The topological polar surface area (TPSA) is 93.8 Å². The van der Waals surface area contributed by atoms with Crippen molar-refractivity contribution in [1.29, 1.82) is 0 Å². The van der Waals surface area contributed by atoms with Crippen molar-refractivity contribution in [3.63, 3.8) is 0 Å². The number of halogens is 1. The molecule has 0 unspecified atom stereocenters. The molecule has 0 bridgehead atoms. The molecule has 2 aromatic rings. The lowest BCUT2D eigenvalue weighted by Gasteiger charge is -2.10. The molecule has 0 atom stereocenters. The second-order valence-corrected chi connectivity index (χ2v) is 6.35. The van der Waals surface area contributed by atoms with Gasteiger partial charge < -0.3 is 24.6 Å². The van der Waals surface area contributed by atoms with Crippen molar-refractivity contribution in [3.8, 4) is 11.4 Å². The third kappa shape index (κ3) is 8.24. The molecule has 2 rings (SSSR count). The first-order chi connectivity index (χ1) is 13.7. The lowest BCUT2D eigenvalue weighted by atomic mass is 10.2. The van der Waals surface area contributed by atoms with Crippen molar-refractivity contribution >= 4 is 17.6 Å². The number of guanidine groups is 1. The van der Waals surface area contributed by atoms with Crippen LogP contribution in [0.1, 0.15) is 19.2 Å². The summed E-state index contributed by atoms with van der Waals surface area (Å²) in [6.07, 6.45) is 1.46. The van der Waals surface area contributed by atoms with Gasteiger partial charge in [0, 0.05) is 50.4 Å². The minimum absolute atomic E-state index is 0.556. The van der Waals surface area contributed by atoms with E-state index in [1.165, 1.54) is 0 Å². The summed E-state index contributed by atoms with van der Waals surface area (Å²) >= 11 is 5.90. The number of nitrogens with one attached hydrogen (secondary N) is 2. The Morgan fingerprint density at radius 2 is 2.00 bits per heavy atom. The summed E-state index contributed by atoms with van der Waals surface area (Å²) in [6, 6.07) is 7.33. The molecule has 0 aliphatic rings. The zero-order valence-electron chi connectivity index (χ0n) is 16.4. The van der Waals surface area contributed by atoms with Crippen LogP contribution in [0.15, 0.2) is 33.8 Å². The minimum Gasteiger partial charge on any atom is -0.382 e. The van der Waals surface area contributed by atoms with Crippen molar-refractivity contribution < 1.29 is 14.0 Å². The highest BCUT2D eigenvalue weighted by Crippen LogP contribution is 2.18. The van der Waals surface area contributed by atoms with Crippen LogP contribution in [0.25, 0.3) is 11.4 Å². The molecule has 0 radical (unpaired) electrons. The van der Waals surface area contributed by atoms with Gasteiger partial charge in [-0.25, -0.2) is 0 Å². The Labute approximate surface area is 170 Å². The molecule has 1 aromatic heterocycles. The fraction of sp³-hybridized carbons (Fsp3) is 0.526. The van der Waals surface area contributed by atoms with E-state index in [2.05, 4.69) is 25.8 Å². The lowest BCUT2D eigenvalue weighted by molar-refractivity contribution is 0.0702. The van der Waals surface area contributed by atoms with Gasteiger partial charge in [-0.3, -0.25) is 4.99 Å². The summed E-state index contributed by atoms with van der Waals surface area (Å²) in [5.41, 5.74) is 0.870. The summed E-state index contributed by atoms with van der Waals surface area (Å²) in [6.45, 7) is 6.03. The van der Waals surface area contributed by atoms with E-state index < -0.39 is 0 Å². The molecule has 0 saturated heterocycles. The molecule has 2 N–H and O–H groups in total. The Balaban J connectivity index is 1.73. The molecule has 8 nitrogen and oxygen atoms in total. The highest BCUT2D eigenvalue weighted by Gasteiger charge is 2.08. The predicted molar refractivity (Wildman–Crippen MR) is 110 cm³/mol. The van der Waals surface area contributed by atoms with Gasteiger partial charge in [0.2, 0.25) is 11.7 Å². The van der Waals surface area contributed by atoms with Gasteiger partial charge in [-0.05, 0) is 37.6 Å². The molecule has 0 saturated carbocycles. The lowest BCUT2D eigenvalue weighted by Crippen LogP contribution is -2.38. The van der Waals surface area contributed by atoms with E-state index in [-0.39, 0.29) is 0 Å². The molecule has 0 amide bonds. The van der Waals surface area contributed by atoms with E-state index in [0.29, 0.717) is 56.1 Å². The quantitative estimate of drug-likeness (QED) is 0.316.